The molecule has 0 spiro atoms. The van der Waals surface area contributed by atoms with Crippen molar-refractivity contribution in [1.82, 2.24) is 0 Å². The first-order valence-electron chi connectivity index (χ1n) is 26.0. The maximum absolute atomic E-state index is 12.8. The summed E-state index contributed by atoms with van der Waals surface area (Å²) in [6.45, 7) is 4.42. The molecule has 0 aromatic carbocycles. The largest absolute Gasteiger partial charge is 0.457 e. The van der Waals surface area contributed by atoms with Gasteiger partial charge in [0, 0.05) is 13.0 Å². The van der Waals surface area contributed by atoms with Crippen LogP contribution in [0.15, 0.2) is 72.9 Å². The van der Waals surface area contributed by atoms with Crippen LogP contribution in [0, 0.1) is 0 Å². The maximum Gasteiger partial charge on any atom is 0.306 e. The van der Waals surface area contributed by atoms with Crippen molar-refractivity contribution in [3.63, 3.8) is 0 Å². The molecule has 6 atom stereocenters. The number of carbonyl (C=O) groups excluding carboxylic acids is 1. The quantitative estimate of drug-likeness (QED) is 0.0268. The number of hydrogen-bond donors (Lipinski definition) is 4. The summed E-state index contributed by atoms with van der Waals surface area (Å²) < 4.78 is 22.9. The minimum atomic E-state index is -1.54. The molecule has 0 aliphatic carbocycles. The Balaban J connectivity index is 2.22. The molecule has 1 heterocycles. The summed E-state index contributed by atoms with van der Waals surface area (Å²) in [7, 11) is 0. The van der Waals surface area contributed by atoms with E-state index in [1.54, 1.807) is 0 Å². The zero-order chi connectivity index (χ0) is 46.4. The van der Waals surface area contributed by atoms with Gasteiger partial charge in [-0.1, -0.05) is 189 Å². The second-order valence-electron chi connectivity index (χ2n) is 17.6. The normalized spacial score (nSPS) is 20.1. The molecule has 1 rings (SSSR count). The van der Waals surface area contributed by atoms with Gasteiger partial charge in [-0.15, -0.1) is 0 Å². The van der Waals surface area contributed by atoms with Crippen LogP contribution in [0.3, 0.4) is 0 Å². The van der Waals surface area contributed by atoms with Crippen LogP contribution in [0.5, 0.6) is 0 Å². The molecule has 6 unspecified atom stereocenters. The van der Waals surface area contributed by atoms with Crippen molar-refractivity contribution in [1.29, 1.82) is 0 Å². The average Bonchev–Trinajstić information content (AvgIpc) is 3.30. The Morgan fingerprint density at radius 3 is 1.44 bits per heavy atom. The van der Waals surface area contributed by atoms with Gasteiger partial charge in [0.15, 0.2) is 6.29 Å². The third-order valence-electron chi connectivity index (χ3n) is 11.6. The summed E-state index contributed by atoms with van der Waals surface area (Å²) >= 11 is 0. The standard InChI is InChI=1S/C55H96O9/c1-3-5-7-9-11-13-15-17-19-21-23-24-25-27-29-31-33-35-37-39-41-43-45-61-47-49(48-62-55-54(60)53(59)52(58)50(46-56)64-55)63-51(57)44-42-40-38-36-34-32-30-28-26-22-20-18-16-14-12-10-8-6-4-2/h6,8,12,14-15,17-18,20-21,23,26,28,49-50,52-56,58-60H,3-5,7,9-11,13,16,19,22,24-25,27,29-48H2,1-2H3/b8-6-,14-12-,17-15-,20-18-,23-21-,28-26-. The van der Waals surface area contributed by atoms with E-state index in [1.807, 2.05) is 0 Å². The fourth-order valence-corrected chi connectivity index (χ4v) is 7.57. The van der Waals surface area contributed by atoms with E-state index >= 15 is 0 Å². The Hall–Kier alpha value is -2.37. The molecule has 0 radical (unpaired) electrons. The highest BCUT2D eigenvalue weighted by atomic mass is 16.7. The van der Waals surface area contributed by atoms with Crippen molar-refractivity contribution >= 4 is 5.97 Å². The SMILES string of the molecule is CC/C=C\C/C=C\C/C=C\C/C=C\CCCCCCCCC(=O)OC(COCCCCCCCCCCCC/C=C\C/C=C\CCCCCCC)COC1OC(CO)C(O)C(O)C1O. The van der Waals surface area contributed by atoms with E-state index in [0.29, 0.717) is 13.0 Å². The van der Waals surface area contributed by atoms with Crippen LogP contribution in [-0.4, -0.2) is 89.6 Å². The Bertz CT molecular complexity index is 1210. The van der Waals surface area contributed by atoms with Crippen molar-refractivity contribution in [2.24, 2.45) is 0 Å². The summed E-state index contributed by atoms with van der Waals surface area (Å²) in [6.07, 6.45) is 53.6. The molecule has 1 aliphatic heterocycles. The van der Waals surface area contributed by atoms with Crippen LogP contribution in [0.2, 0.25) is 0 Å². The van der Waals surface area contributed by atoms with Gasteiger partial charge in [0.05, 0.1) is 19.8 Å². The number of unbranched alkanes of at least 4 members (excludes halogenated alkanes) is 21. The first-order valence-corrected chi connectivity index (χ1v) is 26.0. The molecule has 0 aromatic rings. The summed E-state index contributed by atoms with van der Waals surface area (Å²) in [5.41, 5.74) is 0. The molecule has 64 heavy (non-hydrogen) atoms. The highest BCUT2D eigenvalue weighted by molar-refractivity contribution is 5.69. The summed E-state index contributed by atoms with van der Waals surface area (Å²) in [4.78, 5) is 12.8. The number of allylic oxidation sites excluding steroid dienone is 12. The van der Waals surface area contributed by atoms with Crippen LogP contribution in [0.25, 0.3) is 0 Å². The average molecular weight is 901 g/mol. The molecule has 9 nitrogen and oxygen atoms in total. The molecule has 1 fully saturated rings. The maximum atomic E-state index is 12.8. The molecular weight excluding hydrogens is 805 g/mol. The van der Waals surface area contributed by atoms with Crippen LogP contribution < -0.4 is 0 Å². The van der Waals surface area contributed by atoms with Gasteiger partial charge in [-0.2, -0.15) is 0 Å². The Morgan fingerprint density at radius 1 is 0.516 bits per heavy atom. The molecule has 1 aliphatic rings. The van der Waals surface area contributed by atoms with Crippen molar-refractivity contribution in [3.05, 3.63) is 72.9 Å². The highest BCUT2D eigenvalue weighted by Gasteiger charge is 2.44. The van der Waals surface area contributed by atoms with Gasteiger partial charge < -0.3 is 39.4 Å². The predicted molar refractivity (Wildman–Crippen MR) is 265 cm³/mol. The lowest BCUT2D eigenvalue weighted by Crippen LogP contribution is -2.59. The highest BCUT2D eigenvalue weighted by Crippen LogP contribution is 2.23. The molecule has 0 saturated carbocycles. The number of aliphatic hydroxyl groups is 4. The molecule has 9 heteroatoms. The molecule has 1 saturated heterocycles. The van der Waals surface area contributed by atoms with Gasteiger partial charge >= 0.3 is 5.97 Å². The number of carbonyl (C=O) groups is 1. The third-order valence-corrected chi connectivity index (χ3v) is 11.6. The zero-order valence-corrected chi connectivity index (χ0v) is 40.8. The van der Waals surface area contributed by atoms with Gasteiger partial charge in [-0.3, -0.25) is 4.79 Å². The Morgan fingerprint density at radius 2 is 0.953 bits per heavy atom. The topological polar surface area (TPSA) is 135 Å². The minimum absolute atomic E-state index is 0.124. The van der Waals surface area contributed by atoms with Crippen molar-refractivity contribution in [2.75, 3.05) is 26.4 Å². The lowest BCUT2D eigenvalue weighted by Gasteiger charge is -2.39. The molecule has 4 N–H and O–H groups in total. The number of aliphatic hydroxyl groups excluding tert-OH is 4. The number of rotatable bonds is 44. The Kier molecular flexibility index (Phi) is 42.7. The first kappa shape index (κ1) is 59.6. The van der Waals surface area contributed by atoms with Gasteiger partial charge in [0.25, 0.3) is 0 Å². The van der Waals surface area contributed by atoms with E-state index in [4.69, 9.17) is 18.9 Å². The molecule has 370 valence electrons. The third kappa shape index (κ3) is 35.8. The number of esters is 1. The zero-order valence-electron chi connectivity index (χ0n) is 40.8. The molecule has 0 aromatic heterocycles. The van der Waals surface area contributed by atoms with E-state index < -0.39 is 43.4 Å². The molecule has 0 amide bonds. The van der Waals surface area contributed by atoms with Crippen molar-refractivity contribution in [3.8, 4) is 0 Å². The monoisotopic (exact) mass is 901 g/mol. The van der Waals surface area contributed by atoms with Crippen molar-refractivity contribution < 1.29 is 44.2 Å². The minimum Gasteiger partial charge on any atom is -0.457 e. The second-order valence-corrected chi connectivity index (χ2v) is 17.6. The lowest BCUT2D eigenvalue weighted by atomic mass is 9.99. The van der Waals surface area contributed by atoms with E-state index in [0.717, 1.165) is 77.0 Å². The summed E-state index contributed by atoms with van der Waals surface area (Å²) in [5, 5.41) is 40.3. The van der Waals surface area contributed by atoms with E-state index in [-0.39, 0.29) is 19.2 Å². The van der Waals surface area contributed by atoms with Crippen LogP contribution in [0.4, 0.5) is 0 Å². The first-order chi connectivity index (χ1) is 31.4. The van der Waals surface area contributed by atoms with Gasteiger partial charge in [-0.05, 0) is 83.5 Å². The fourth-order valence-electron chi connectivity index (χ4n) is 7.57. The van der Waals surface area contributed by atoms with Crippen molar-refractivity contribution in [2.45, 2.75) is 243 Å². The van der Waals surface area contributed by atoms with E-state index in [9.17, 15) is 25.2 Å². The fraction of sp³-hybridized carbons (Fsp3) is 0.764. The Labute approximate surface area is 391 Å². The predicted octanol–water partition coefficient (Wildman–Crippen LogP) is 12.8. The van der Waals surface area contributed by atoms with E-state index in [2.05, 4.69) is 86.8 Å². The smallest absolute Gasteiger partial charge is 0.306 e. The summed E-state index contributed by atoms with van der Waals surface area (Å²) in [5.74, 6) is -0.329. The van der Waals surface area contributed by atoms with Gasteiger partial charge in [-0.25, -0.2) is 0 Å². The lowest BCUT2D eigenvalue weighted by molar-refractivity contribution is -0.305. The number of ether oxygens (including phenoxy) is 4. The molecular formula is C55H96O9. The van der Waals surface area contributed by atoms with Crippen LogP contribution in [0.1, 0.15) is 206 Å². The second kappa shape index (κ2) is 45.8. The van der Waals surface area contributed by atoms with Gasteiger partial charge in [0.1, 0.15) is 30.5 Å². The molecule has 0 bridgehead atoms. The number of hydrogen-bond acceptors (Lipinski definition) is 9. The van der Waals surface area contributed by atoms with Crippen LogP contribution >= 0.6 is 0 Å². The van der Waals surface area contributed by atoms with Gasteiger partial charge in [0.2, 0.25) is 0 Å². The van der Waals surface area contributed by atoms with E-state index in [1.165, 1.54) is 109 Å². The summed E-state index contributed by atoms with van der Waals surface area (Å²) in [6, 6.07) is 0. The van der Waals surface area contributed by atoms with Crippen LogP contribution in [-0.2, 0) is 23.7 Å².